The lowest BCUT2D eigenvalue weighted by Gasteiger charge is -2.15. The van der Waals surface area contributed by atoms with Gasteiger partial charge >= 0.3 is 11.7 Å². The second kappa shape index (κ2) is 8.65. The molecule has 0 aliphatic carbocycles. The molecule has 0 aliphatic rings. The number of nitro groups is 1. The lowest BCUT2D eigenvalue weighted by Crippen LogP contribution is -2.35. The molecule has 2 aromatic carbocycles. The summed E-state index contributed by atoms with van der Waals surface area (Å²) in [5.74, 6) is -6.29. The molecule has 0 spiro atoms. The number of halogens is 4. The van der Waals surface area contributed by atoms with E-state index in [-0.39, 0.29) is 10.8 Å². The zero-order valence-electron chi connectivity index (χ0n) is 14.6. The van der Waals surface area contributed by atoms with E-state index in [4.69, 9.17) is 21.1 Å². The average molecular weight is 434 g/mol. The zero-order valence-corrected chi connectivity index (χ0v) is 15.4. The lowest BCUT2D eigenvalue weighted by molar-refractivity contribution is -0.385. The normalized spacial score (nSPS) is 10.3. The number of anilines is 1. The van der Waals surface area contributed by atoms with Crippen LogP contribution in [0.1, 0.15) is 10.4 Å². The molecule has 2 N–H and O–H groups in total. The minimum atomic E-state index is -1.43. The van der Waals surface area contributed by atoms with Gasteiger partial charge in [-0.2, -0.15) is 0 Å². The third-order valence-corrected chi connectivity index (χ3v) is 3.75. The number of nitro benzene ring substituents is 1. The molecule has 0 aromatic heterocycles. The van der Waals surface area contributed by atoms with Crippen LogP contribution in [0.3, 0.4) is 0 Å². The first-order valence-electron chi connectivity index (χ1n) is 7.46. The van der Waals surface area contributed by atoms with Crippen LogP contribution >= 0.6 is 11.6 Å². The quantitative estimate of drug-likeness (QED) is 0.548. The van der Waals surface area contributed by atoms with Crippen molar-refractivity contribution < 1.29 is 37.2 Å². The van der Waals surface area contributed by atoms with Crippen LogP contribution in [0, 0.1) is 27.6 Å². The maximum absolute atomic E-state index is 13.6. The number of benzene rings is 2. The summed E-state index contributed by atoms with van der Waals surface area (Å²) in [6.07, 6.45) is 0. The Hall–Kier alpha value is -3.54. The zero-order chi connectivity index (χ0) is 21.9. The Balaban J connectivity index is 2.40. The summed E-state index contributed by atoms with van der Waals surface area (Å²) in [5, 5.41) is 14.2. The van der Waals surface area contributed by atoms with E-state index in [1.165, 1.54) is 0 Å². The van der Waals surface area contributed by atoms with Crippen LogP contribution in [-0.2, 0) is 0 Å². The molecule has 9 nitrogen and oxygen atoms in total. The van der Waals surface area contributed by atoms with Gasteiger partial charge < -0.3 is 14.8 Å². The summed E-state index contributed by atoms with van der Waals surface area (Å²) in [6.45, 7) is 0. The van der Waals surface area contributed by atoms with Crippen molar-refractivity contribution in [2.45, 2.75) is 0 Å². The van der Waals surface area contributed by atoms with Gasteiger partial charge in [-0.15, -0.1) is 0 Å². The third-order valence-electron chi connectivity index (χ3n) is 3.47. The van der Waals surface area contributed by atoms with E-state index < -0.39 is 57.0 Å². The molecule has 0 fully saturated rings. The Labute approximate surface area is 165 Å². The average Bonchev–Trinajstić information content (AvgIpc) is 2.63. The van der Waals surface area contributed by atoms with E-state index in [0.29, 0.717) is 12.1 Å². The summed E-state index contributed by atoms with van der Waals surface area (Å²) in [4.78, 5) is 34.8. The SMILES string of the molecule is COc1c(Cl)cc([N+](=O)[O-])c(OC)c1C(=O)NC(=O)Nc1c(F)cc(F)cc1F. The van der Waals surface area contributed by atoms with Crippen LogP contribution in [0.2, 0.25) is 5.02 Å². The molecule has 2 rings (SSSR count). The van der Waals surface area contributed by atoms with E-state index in [2.05, 4.69) is 0 Å². The van der Waals surface area contributed by atoms with Crippen LogP contribution < -0.4 is 20.1 Å². The first kappa shape index (κ1) is 21.8. The number of ether oxygens (including phenoxy) is 2. The summed E-state index contributed by atoms with van der Waals surface area (Å²) in [5.41, 5.74) is -2.32. The summed E-state index contributed by atoms with van der Waals surface area (Å²) in [6, 6.07) is 0.0743. The van der Waals surface area contributed by atoms with Crippen molar-refractivity contribution in [2.75, 3.05) is 19.5 Å². The van der Waals surface area contributed by atoms with E-state index in [0.717, 1.165) is 20.3 Å². The largest absolute Gasteiger partial charge is 0.494 e. The molecule has 13 heteroatoms. The fraction of sp³-hybridized carbons (Fsp3) is 0.125. The molecular formula is C16H11ClF3N3O6. The number of methoxy groups -OCH3 is 2. The number of hydrogen-bond donors (Lipinski definition) is 2. The van der Waals surface area contributed by atoms with Crippen molar-refractivity contribution in [1.29, 1.82) is 0 Å². The van der Waals surface area contributed by atoms with Crippen LogP contribution in [0.4, 0.5) is 29.3 Å². The van der Waals surface area contributed by atoms with Crippen molar-refractivity contribution in [3.63, 3.8) is 0 Å². The Morgan fingerprint density at radius 1 is 1.07 bits per heavy atom. The Morgan fingerprint density at radius 2 is 1.62 bits per heavy atom. The monoisotopic (exact) mass is 433 g/mol. The van der Waals surface area contributed by atoms with Crippen molar-refractivity contribution in [3.8, 4) is 11.5 Å². The fourth-order valence-electron chi connectivity index (χ4n) is 2.32. The number of imide groups is 1. The number of rotatable bonds is 5. The van der Waals surface area contributed by atoms with Gasteiger partial charge in [-0.25, -0.2) is 18.0 Å². The Morgan fingerprint density at radius 3 is 2.10 bits per heavy atom. The number of amides is 3. The Kier molecular flexibility index (Phi) is 6.49. The predicted molar refractivity (Wildman–Crippen MR) is 94.0 cm³/mol. The number of carbonyl (C=O) groups is 2. The molecule has 29 heavy (non-hydrogen) atoms. The highest BCUT2D eigenvalue weighted by molar-refractivity contribution is 6.33. The molecule has 3 amide bonds. The lowest BCUT2D eigenvalue weighted by atomic mass is 10.1. The second-order valence-corrected chi connectivity index (χ2v) is 5.64. The highest BCUT2D eigenvalue weighted by Crippen LogP contribution is 2.42. The molecule has 0 radical (unpaired) electrons. The minimum Gasteiger partial charge on any atom is -0.494 e. The molecule has 0 aliphatic heterocycles. The van der Waals surface area contributed by atoms with Gasteiger partial charge in [0.25, 0.3) is 5.91 Å². The summed E-state index contributed by atoms with van der Waals surface area (Å²) in [7, 11) is 2.13. The number of nitrogens with one attached hydrogen (secondary N) is 2. The van der Waals surface area contributed by atoms with Crippen molar-refractivity contribution in [1.82, 2.24) is 5.32 Å². The van der Waals surface area contributed by atoms with Gasteiger partial charge in [-0.3, -0.25) is 20.2 Å². The first-order valence-corrected chi connectivity index (χ1v) is 7.84. The predicted octanol–water partition coefficient (Wildman–Crippen LogP) is 3.64. The van der Waals surface area contributed by atoms with E-state index in [9.17, 15) is 32.9 Å². The van der Waals surface area contributed by atoms with Crippen LogP contribution in [-0.4, -0.2) is 31.1 Å². The maximum atomic E-state index is 13.6. The number of hydrogen-bond acceptors (Lipinski definition) is 6. The van der Waals surface area contributed by atoms with Gasteiger partial charge in [0, 0.05) is 18.2 Å². The van der Waals surface area contributed by atoms with Crippen LogP contribution in [0.25, 0.3) is 0 Å². The molecule has 0 atom stereocenters. The number of urea groups is 1. The smallest absolute Gasteiger partial charge is 0.326 e. The third kappa shape index (κ3) is 4.48. The maximum Gasteiger partial charge on any atom is 0.326 e. The van der Waals surface area contributed by atoms with Gasteiger partial charge in [0.15, 0.2) is 17.4 Å². The van der Waals surface area contributed by atoms with Crippen LogP contribution in [0.15, 0.2) is 18.2 Å². The fourth-order valence-corrected chi connectivity index (χ4v) is 2.60. The van der Waals surface area contributed by atoms with E-state index in [1.807, 2.05) is 0 Å². The molecule has 154 valence electrons. The number of nitrogens with zero attached hydrogens (tertiary/aromatic N) is 1. The van der Waals surface area contributed by atoms with Crippen molar-refractivity contribution >= 4 is 34.9 Å². The molecule has 0 saturated carbocycles. The van der Waals surface area contributed by atoms with Gasteiger partial charge in [0.2, 0.25) is 5.75 Å². The molecule has 0 bridgehead atoms. The van der Waals surface area contributed by atoms with Gasteiger partial charge in [0.1, 0.15) is 17.1 Å². The first-order chi connectivity index (χ1) is 13.6. The van der Waals surface area contributed by atoms with Gasteiger partial charge in [-0.1, -0.05) is 11.6 Å². The summed E-state index contributed by atoms with van der Waals surface area (Å²) >= 11 is 5.87. The van der Waals surface area contributed by atoms with E-state index >= 15 is 0 Å². The Bertz CT molecular complexity index is 995. The summed E-state index contributed by atoms with van der Waals surface area (Å²) < 4.78 is 50.0. The van der Waals surface area contributed by atoms with E-state index in [1.54, 1.807) is 10.6 Å². The van der Waals surface area contributed by atoms with Crippen molar-refractivity contribution in [3.05, 3.63) is 56.4 Å². The molecule has 2 aromatic rings. The highest BCUT2D eigenvalue weighted by Gasteiger charge is 2.31. The standard InChI is InChI=1S/C16H11ClF3N3O6/c1-28-13-7(17)5-10(23(26)27)14(29-2)11(13)15(24)22-16(25)21-12-8(19)3-6(18)4-9(12)20/h3-5H,1-2H3,(H2,21,22,24,25). The molecule has 0 saturated heterocycles. The minimum absolute atomic E-state index is 0.312. The molecule has 0 unspecified atom stereocenters. The van der Waals surface area contributed by atoms with Gasteiger partial charge in [-0.05, 0) is 0 Å². The topological polar surface area (TPSA) is 120 Å². The highest BCUT2D eigenvalue weighted by atomic mass is 35.5. The molecule has 0 heterocycles. The van der Waals surface area contributed by atoms with Crippen LogP contribution in [0.5, 0.6) is 11.5 Å². The molecular weight excluding hydrogens is 423 g/mol. The number of carbonyl (C=O) groups excluding carboxylic acids is 2. The van der Waals surface area contributed by atoms with Gasteiger partial charge in [0.05, 0.1) is 24.2 Å². The second-order valence-electron chi connectivity index (χ2n) is 5.23. The van der Waals surface area contributed by atoms with Crippen molar-refractivity contribution in [2.24, 2.45) is 0 Å².